The SMILES string of the molecule is OCCNc1n[nH]c(-c2ccc(Br)cc2)c1-n1cncn1. The third kappa shape index (κ3) is 2.81. The third-order valence-corrected chi connectivity index (χ3v) is 3.45. The lowest BCUT2D eigenvalue weighted by molar-refractivity contribution is 0.311. The van der Waals surface area contributed by atoms with Crippen molar-refractivity contribution in [3.63, 3.8) is 0 Å². The highest BCUT2D eigenvalue weighted by molar-refractivity contribution is 9.10. The van der Waals surface area contributed by atoms with Gasteiger partial charge in [-0.1, -0.05) is 28.1 Å². The Bertz CT molecular complexity index is 707. The molecular formula is C13H13BrN6O. The zero-order valence-electron chi connectivity index (χ0n) is 11.0. The van der Waals surface area contributed by atoms with Gasteiger partial charge in [-0.05, 0) is 12.1 Å². The van der Waals surface area contributed by atoms with Crippen molar-refractivity contribution in [2.75, 3.05) is 18.5 Å². The molecular weight excluding hydrogens is 336 g/mol. The molecule has 0 radical (unpaired) electrons. The maximum atomic E-state index is 8.96. The Balaban J connectivity index is 2.08. The number of rotatable bonds is 5. The molecule has 0 spiro atoms. The number of aliphatic hydroxyl groups excluding tert-OH is 1. The van der Waals surface area contributed by atoms with Crippen LogP contribution in [-0.2, 0) is 0 Å². The van der Waals surface area contributed by atoms with Crippen LogP contribution in [0.1, 0.15) is 0 Å². The van der Waals surface area contributed by atoms with Crippen molar-refractivity contribution < 1.29 is 5.11 Å². The van der Waals surface area contributed by atoms with E-state index in [-0.39, 0.29) is 6.61 Å². The number of nitrogens with zero attached hydrogens (tertiary/aromatic N) is 4. The first kappa shape index (κ1) is 13.8. The molecule has 0 fully saturated rings. The Hall–Kier alpha value is -2.19. The molecule has 7 nitrogen and oxygen atoms in total. The Morgan fingerprint density at radius 3 is 2.76 bits per heavy atom. The van der Waals surface area contributed by atoms with Crippen LogP contribution in [0, 0.1) is 0 Å². The molecule has 0 amide bonds. The highest BCUT2D eigenvalue weighted by atomic mass is 79.9. The van der Waals surface area contributed by atoms with E-state index in [1.165, 1.54) is 6.33 Å². The standard InChI is InChI=1S/C13H13BrN6O/c14-10-3-1-9(2-4-10)11-12(20-8-15-7-17-20)13(19-18-11)16-5-6-21/h1-4,7-8,21H,5-6H2,(H2,16,18,19). The second-order valence-electron chi connectivity index (χ2n) is 4.29. The van der Waals surface area contributed by atoms with Gasteiger partial charge >= 0.3 is 0 Å². The van der Waals surface area contributed by atoms with Crippen molar-refractivity contribution >= 4 is 21.7 Å². The summed E-state index contributed by atoms with van der Waals surface area (Å²) in [5.74, 6) is 0.618. The largest absolute Gasteiger partial charge is 0.395 e. The highest BCUT2D eigenvalue weighted by Crippen LogP contribution is 2.30. The first-order valence-electron chi connectivity index (χ1n) is 6.33. The Kier molecular flexibility index (Phi) is 3.98. The molecule has 0 aliphatic carbocycles. The second kappa shape index (κ2) is 6.06. The summed E-state index contributed by atoms with van der Waals surface area (Å²) in [5, 5.41) is 23.5. The molecule has 0 saturated carbocycles. The first-order chi connectivity index (χ1) is 10.3. The van der Waals surface area contributed by atoms with Gasteiger partial charge in [-0.2, -0.15) is 10.2 Å². The topological polar surface area (TPSA) is 91.7 Å². The summed E-state index contributed by atoms with van der Waals surface area (Å²) in [6.07, 6.45) is 3.07. The van der Waals surface area contributed by atoms with Crippen molar-refractivity contribution in [2.24, 2.45) is 0 Å². The van der Waals surface area contributed by atoms with Crippen molar-refractivity contribution in [2.45, 2.75) is 0 Å². The molecule has 0 saturated heterocycles. The van der Waals surface area contributed by atoms with Gasteiger partial charge in [-0.15, -0.1) is 0 Å². The van der Waals surface area contributed by atoms with E-state index in [2.05, 4.69) is 41.5 Å². The van der Waals surface area contributed by atoms with Crippen LogP contribution in [0.2, 0.25) is 0 Å². The molecule has 21 heavy (non-hydrogen) atoms. The van der Waals surface area contributed by atoms with Crippen LogP contribution in [0.3, 0.4) is 0 Å². The molecule has 1 aromatic carbocycles. The number of anilines is 1. The van der Waals surface area contributed by atoms with Gasteiger partial charge in [-0.3, -0.25) is 5.10 Å². The zero-order chi connectivity index (χ0) is 14.7. The van der Waals surface area contributed by atoms with Crippen LogP contribution in [0.4, 0.5) is 5.82 Å². The summed E-state index contributed by atoms with van der Waals surface area (Å²) >= 11 is 3.42. The van der Waals surface area contributed by atoms with Crippen LogP contribution < -0.4 is 5.32 Å². The first-order valence-corrected chi connectivity index (χ1v) is 7.13. The van der Waals surface area contributed by atoms with E-state index in [1.54, 1.807) is 11.0 Å². The van der Waals surface area contributed by atoms with E-state index in [9.17, 15) is 0 Å². The lowest BCUT2D eigenvalue weighted by atomic mass is 10.1. The summed E-state index contributed by atoms with van der Waals surface area (Å²) in [7, 11) is 0. The van der Waals surface area contributed by atoms with E-state index >= 15 is 0 Å². The fraction of sp³-hybridized carbons (Fsp3) is 0.154. The van der Waals surface area contributed by atoms with Gasteiger partial charge in [0.1, 0.15) is 18.3 Å². The predicted molar refractivity (Wildman–Crippen MR) is 82.2 cm³/mol. The Morgan fingerprint density at radius 2 is 2.10 bits per heavy atom. The van der Waals surface area contributed by atoms with Crippen LogP contribution in [0.15, 0.2) is 41.4 Å². The molecule has 2 heterocycles. The Labute approximate surface area is 129 Å². The Morgan fingerprint density at radius 1 is 1.29 bits per heavy atom. The monoisotopic (exact) mass is 348 g/mol. The van der Waals surface area contributed by atoms with Gasteiger partial charge in [-0.25, -0.2) is 9.67 Å². The number of benzene rings is 1. The summed E-state index contributed by atoms with van der Waals surface area (Å²) in [6, 6.07) is 7.88. The molecule has 3 rings (SSSR count). The number of H-pyrrole nitrogens is 1. The molecule has 0 aliphatic heterocycles. The van der Waals surface area contributed by atoms with E-state index < -0.39 is 0 Å². The maximum absolute atomic E-state index is 8.96. The smallest absolute Gasteiger partial charge is 0.174 e. The number of aliphatic hydroxyl groups is 1. The molecule has 0 atom stereocenters. The molecule has 2 aromatic heterocycles. The van der Waals surface area contributed by atoms with Gasteiger partial charge < -0.3 is 10.4 Å². The molecule has 8 heteroatoms. The summed E-state index contributed by atoms with van der Waals surface area (Å²) in [4.78, 5) is 3.97. The fourth-order valence-electron chi connectivity index (χ4n) is 2.00. The van der Waals surface area contributed by atoms with Crippen molar-refractivity contribution in [1.29, 1.82) is 0 Å². The van der Waals surface area contributed by atoms with Crippen molar-refractivity contribution in [3.8, 4) is 16.9 Å². The van der Waals surface area contributed by atoms with Gasteiger partial charge in [0.05, 0.1) is 12.3 Å². The summed E-state index contributed by atoms with van der Waals surface area (Å²) in [6.45, 7) is 0.434. The van der Waals surface area contributed by atoms with Gasteiger partial charge in [0.2, 0.25) is 0 Å². The number of hydrogen-bond acceptors (Lipinski definition) is 5. The van der Waals surface area contributed by atoms with Crippen LogP contribution >= 0.6 is 15.9 Å². The lowest BCUT2D eigenvalue weighted by Crippen LogP contribution is -2.08. The molecule has 108 valence electrons. The minimum Gasteiger partial charge on any atom is -0.395 e. The highest BCUT2D eigenvalue weighted by Gasteiger charge is 2.17. The zero-order valence-corrected chi connectivity index (χ0v) is 12.6. The minimum absolute atomic E-state index is 0.0251. The van der Waals surface area contributed by atoms with Crippen LogP contribution in [-0.4, -0.2) is 43.2 Å². The lowest BCUT2D eigenvalue weighted by Gasteiger charge is -2.07. The molecule has 3 N–H and O–H groups in total. The molecule has 0 aliphatic rings. The average Bonchev–Trinajstić information content (AvgIpc) is 3.14. The molecule has 0 bridgehead atoms. The predicted octanol–water partition coefficient (Wildman–Crippen LogP) is 1.82. The second-order valence-corrected chi connectivity index (χ2v) is 5.21. The average molecular weight is 349 g/mol. The van der Waals surface area contributed by atoms with Gasteiger partial charge in [0, 0.05) is 16.6 Å². The van der Waals surface area contributed by atoms with Crippen molar-refractivity contribution in [3.05, 3.63) is 41.4 Å². The fourth-order valence-corrected chi connectivity index (χ4v) is 2.26. The number of hydrogen-bond donors (Lipinski definition) is 3. The van der Waals surface area contributed by atoms with Gasteiger partial charge in [0.25, 0.3) is 0 Å². The third-order valence-electron chi connectivity index (χ3n) is 2.93. The minimum atomic E-state index is 0.0251. The number of nitrogens with one attached hydrogen (secondary N) is 2. The van der Waals surface area contributed by atoms with Crippen LogP contribution in [0.5, 0.6) is 0 Å². The number of halogens is 1. The summed E-state index contributed by atoms with van der Waals surface area (Å²) in [5.41, 5.74) is 2.57. The van der Waals surface area contributed by atoms with Crippen molar-refractivity contribution in [1.82, 2.24) is 25.0 Å². The summed E-state index contributed by atoms with van der Waals surface area (Å²) < 4.78 is 2.65. The maximum Gasteiger partial charge on any atom is 0.174 e. The normalized spacial score (nSPS) is 10.8. The number of aromatic nitrogens is 5. The number of aromatic amines is 1. The molecule has 3 aromatic rings. The molecule has 0 unspecified atom stereocenters. The van der Waals surface area contributed by atoms with E-state index in [4.69, 9.17) is 5.11 Å². The van der Waals surface area contributed by atoms with Crippen LogP contribution in [0.25, 0.3) is 16.9 Å². The van der Waals surface area contributed by atoms with E-state index in [0.717, 1.165) is 21.4 Å². The quantitative estimate of drug-likeness (QED) is 0.654. The van der Waals surface area contributed by atoms with E-state index in [1.807, 2.05) is 24.3 Å². The van der Waals surface area contributed by atoms with E-state index in [0.29, 0.717) is 12.4 Å². The van der Waals surface area contributed by atoms with Gasteiger partial charge in [0.15, 0.2) is 5.82 Å².